The van der Waals surface area contributed by atoms with Crippen LogP contribution in [0.5, 0.6) is 0 Å². The number of terminal acetylenes is 1. The van der Waals surface area contributed by atoms with E-state index in [0.717, 1.165) is 12.8 Å². The molecule has 1 amide bonds. The van der Waals surface area contributed by atoms with Crippen LogP contribution in [-0.2, 0) is 14.6 Å². The molecule has 2 aliphatic rings. The Morgan fingerprint density at radius 1 is 1.42 bits per heavy atom. The fourth-order valence-corrected chi connectivity index (χ4v) is 4.48. The number of rotatable bonds is 4. The Labute approximate surface area is 114 Å². The van der Waals surface area contributed by atoms with Gasteiger partial charge in [0.05, 0.1) is 18.1 Å². The van der Waals surface area contributed by atoms with Gasteiger partial charge in [0, 0.05) is 12.5 Å². The minimum Gasteiger partial charge on any atom is -0.328 e. The van der Waals surface area contributed by atoms with Gasteiger partial charge in [-0.25, -0.2) is 8.42 Å². The third kappa shape index (κ3) is 3.60. The quantitative estimate of drug-likeness (QED) is 0.570. The number of hydrogen-bond donors (Lipinski definition) is 0. The highest BCUT2D eigenvalue weighted by atomic mass is 32.2. The summed E-state index contributed by atoms with van der Waals surface area (Å²) in [5.74, 6) is 2.95. The van der Waals surface area contributed by atoms with E-state index in [2.05, 4.69) is 18.1 Å². The predicted octanol–water partition coefficient (Wildman–Crippen LogP) is 0.992. The summed E-state index contributed by atoms with van der Waals surface area (Å²) < 4.78 is 23.0. The largest absolute Gasteiger partial charge is 0.328 e. The van der Waals surface area contributed by atoms with Crippen molar-refractivity contribution < 1.29 is 13.2 Å². The lowest BCUT2D eigenvalue weighted by atomic mass is 10.0. The summed E-state index contributed by atoms with van der Waals surface area (Å²) in [6.45, 7) is 0.204. The Hall–Kier alpha value is -1.28. The number of sulfone groups is 1. The molecule has 1 fully saturated rings. The van der Waals surface area contributed by atoms with Crippen LogP contribution in [-0.4, -0.2) is 43.3 Å². The Bertz CT molecular complexity index is 515. The van der Waals surface area contributed by atoms with Gasteiger partial charge in [-0.2, -0.15) is 0 Å². The molecule has 0 aromatic rings. The molecule has 1 saturated heterocycles. The molecule has 0 aromatic carbocycles. The van der Waals surface area contributed by atoms with E-state index in [1.165, 1.54) is 0 Å². The molecule has 4 nitrogen and oxygen atoms in total. The van der Waals surface area contributed by atoms with E-state index in [1.54, 1.807) is 4.90 Å². The Morgan fingerprint density at radius 3 is 2.74 bits per heavy atom. The standard InChI is InChI=1S/C14H19NO3S/c1-2-8-15(13-7-9-19(17,18)11-13)14(16)10-12-5-3-4-6-12/h1,3,5,12-13H,4,6-11H2. The number of nitrogens with zero attached hydrogens (tertiary/aromatic N) is 1. The van der Waals surface area contributed by atoms with Gasteiger partial charge in [0.2, 0.25) is 5.91 Å². The molecule has 0 N–H and O–H groups in total. The van der Waals surface area contributed by atoms with Gasteiger partial charge in [-0.1, -0.05) is 18.1 Å². The molecule has 1 aliphatic heterocycles. The summed E-state index contributed by atoms with van der Waals surface area (Å²) >= 11 is 0. The van der Waals surface area contributed by atoms with Crippen LogP contribution < -0.4 is 0 Å². The van der Waals surface area contributed by atoms with Crippen LogP contribution in [0.2, 0.25) is 0 Å². The zero-order valence-corrected chi connectivity index (χ0v) is 11.7. The minimum atomic E-state index is -3.00. The molecule has 0 spiro atoms. The molecule has 2 atom stereocenters. The highest BCUT2D eigenvalue weighted by Crippen LogP contribution is 2.24. The molecular weight excluding hydrogens is 262 g/mol. The van der Waals surface area contributed by atoms with Crippen LogP contribution >= 0.6 is 0 Å². The monoisotopic (exact) mass is 281 g/mol. The van der Waals surface area contributed by atoms with Gasteiger partial charge in [0.15, 0.2) is 9.84 Å². The van der Waals surface area contributed by atoms with E-state index in [-0.39, 0.29) is 35.9 Å². The van der Waals surface area contributed by atoms with Crippen LogP contribution in [0.15, 0.2) is 12.2 Å². The Balaban J connectivity index is 2.01. The van der Waals surface area contributed by atoms with Gasteiger partial charge < -0.3 is 4.90 Å². The number of carbonyl (C=O) groups excluding carboxylic acids is 1. The molecule has 0 aromatic heterocycles. The lowest BCUT2D eigenvalue weighted by Gasteiger charge is -2.27. The van der Waals surface area contributed by atoms with E-state index in [1.807, 2.05) is 0 Å². The van der Waals surface area contributed by atoms with Gasteiger partial charge >= 0.3 is 0 Å². The average molecular weight is 281 g/mol. The van der Waals surface area contributed by atoms with Gasteiger partial charge in [-0.15, -0.1) is 6.42 Å². The summed E-state index contributed by atoms with van der Waals surface area (Å²) in [6.07, 6.45) is 12.4. The van der Waals surface area contributed by atoms with E-state index in [0.29, 0.717) is 12.8 Å². The molecule has 0 radical (unpaired) electrons. The van der Waals surface area contributed by atoms with Crippen molar-refractivity contribution in [2.24, 2.45) is 5.92 Å². The zero-order valence-electron chi connectivity index (χ0n) is 10.9. The second kappa shape index (κ2) is 5.79. The molecule has 19 heavy (non-hydrogen) atoms. The molecule has 5 heteroatoms. The average Bonchev–Trinajstić information content (AvgIpc) is 2.95. The van der Waals surface area contributed by atoms with E-state index in [9.17, 15) is 13.2 Å². The second-order valence-electron chi connectivity index (χ2n) is 5.25. The molecule has 0 saturated carbocycles. The maximum Gasteiger partial charge on any atom is 0.224 e. The van der Waals surface area contributed by atoms with Crippen LogP contribution in [0.3, 0.4) is 0 Å². The van der Waals surface area contributed by atoms with Gasteiger partial charge in [-0.05, 0) is 25.2 Å². The normalized spacial score (nSPS) is 28.2. The minimum absolute atomic E-state index is 0.0170. The molecule has 1 aliphatic carbocycles. The summed E-state index contributed by atoms with van der Waals surface area (Å²) in [5.41, 5.74) is 0. The van der Waals surface area contributed by atoms with Crippen LogP contribution in [0.25, 0.3) is 0 Å². The molecule has 2 rings (SSSR count). The topological polar surface area (TPSA) is 54.5 Å². The summed E-state index contributed by atoms with van der Waals surface area (Å²) in [4.78, 5) is 13.9. The third-order valence-corrected chi connectivity index (χ3v) is 5.53. The Morgan fingerprint density at radius 2 is 2.21 bits per heavy atom. The first-order chi connectivity index (χ1) is 9.02. The van der Waals surface area contributed by atoms with Crippen molar-refractivity contribution >= 4 is 15.7 Å². The smallest absolute Gasteiger partial charge is 0.224 e. The first-order valence-corrected chi connectivity index (χ1v) is 8.44. The maximum absolute atomic E-state index is 12.3. The molecule has 1 heterocycles. The van der Waals surface area contributed by atoms with Crippen molar-refractivity contribution in [2.75, 3.05) is 18.1 Å². The highest BCUT2D eigenvalue weighted by molar-refractivity contribution is 7.91. The molecule has 2 unspecified atom stereocenters. The lowest BCUT2D eigenvalue weighted by Crippen LogP contribution is -2.41. The fraction of sp³-hybridized carbons (Fsp3) is 0.643. The van der Waals surface area contributed by atoms with Gasteiger partial charge in [0.25, 0.3) is 0 Å². The molecular formula is C14H19NO3S. The number of amides is 1. The second-order valence-corrected chi connectivity index (χ2v) is 7.48. The molecule has 0 bridgehead atoms. The highest BCUT2D eigenvalue weighted by Gasteiger charge is 2.34. The van der Waals surface area contributed by atoms with Crippen molar-refractivity contribution in [2.45, 2.75) is 31.7 Å². The van der Waals surface area contributed by atoms with Gasteiger partial charge in [-0.3, -0.25) is 4.79 Å². The fourth-order valence-electron chi connectivity index (χ4n) is 2.75. The zero-order chi connectivity index (χ0) is 13.9. The third-order valence-electron chi connectivity index (χ3n) is 3.78. The first-order valence-electron chi connectivity index (χ1n) is 6.62. The van der Waals surface area contributed by atoms with Crippen molar-refractivity contribution in [1.82, 2.24) is 4.90 Å². The Kier molecular flexibility index (Phi) is 4.31. The first kappa shape index (κ1) is 14.1. The van der Waals surface area contributed by atoms with Crippen molar-refractivity contribution in [3.05, 3.63) is 12.2 Å². The summed E-state index contributed by atoms with van der Waals surface area (Å²) in [7, 11) is -3.00. The predicted molar refractivity (Wildman–Crippen MR) is 74.1 cm³/mol. The van der Waals surface area contributed by atoms with Crippen molar-refractivity contribution in [3.8, 4) is 12.3 Å². The van der Waals surface area contributed by atoms with Crippen LogP contribution in [0.1, 0.15) is 25.7 Å². The van der Waals surface area contributed by atoms with E-state index < -0.39 is 9.84 Å². The van der Waals surface area contributed by atoms with Crippen molar-refractivity contribution in [1.29, 1.82) is 0 Å². The molecule has 104 valence electrons. The van der Waals surface area contributed by atoms with Crippen molar-refractivity contribution in [3.63, 3.8) is 0 Å². The van der Waals surface area contributed by atoms with E-state index >= 15 is 0 Å². The van der Waals surface area contributed by atoms with Crippen LogP contribution in [0.4, 0.5) is 0 Å². The lowest BCUT2D eigenvalue weighted by molar-refractivity contribution is -0.133. The van der Waals surface area contributed by atoms with Crippen LogP contribution in [0, 0.1) is 18.3 Å². The number of hydrogen-bond acceptors (Lipinski definition) is 3. The summed E-state index contributed by atoms with van der Waals surface area (Å²) in [5, 5.41) is 0. The van der Waals surface area contributed by atoms with Gasteiger partial charge in [0.1, 0.15) is 0 Å². The number of allylic oxidation sites excluding steroid dienone is 2. The number of carbonyl (C=O) groups is 1. The maximum atomic E-state index is 12.3. The SMILES string of the molecule is C#CCN(C(=O)CC1C=CCC1)C1CCS(=O)(=O)C1. The summed E-state index contributed by atoms with van der Waals surface area (Å²) in [6, 6.07) is -0.237. The van der Waals surface area contributed by atoms with E-state index in [4.69, 9.17) is 6.42 Å².